The van der Waals surface area contributed by atoms with Crippen molar-refractivity contribution in [2.75, 3.05) is 0 Å². The van der Waals surface area contributed by atoms with Gasteiger partial charge in [0, 0.05) is 9.35 Å². The number of halogens is 2. The van der Waals surface area contributed by atoms with Crippen LogP contribution in [0.1, 0.15) is 32.1 Å². The van der Waals surface area contributed by atoms with Crippen molar-refractivity contribution in [1.82, 2.24) is 0 Å². The van der Waals surface area contributed by atoms with Crippen LogP contribution in [0.5, 0.6) is 0 Å². The lowest BCUT2D eigenvalue weighted by molar-refractivity contribution is 0.103. The van der Waals surface area contributed by atoms with Gasteiger partial charge in [0.15, 0.2) is 0 Å². The second kappa shape index (κ2) is 5.02. The number of rotatable bonds is 2. The van der Waals surface area contributed by atoms with E-state index in [1.165, 1.54) is 28.3 Å². The number of hydrogen-bond acceptors (Lipinski definition) is 2. The van der Waals surface area contributed by atoms with Gasteiger partial charge in [0.25, 0.3) is 0 Å². The van der Waals surface area contributed by atoms with Gasteiger partial charge in [0.2, 0.25) is 5.78 Å². The molecular weight excluding hydrogens is 327 g/mol. The summed E-state index contributed by atoms with van der Waals surface area (Å²) in [5.74, 6) is -0.721. The minimum Gasteiger partial charge on any atom is -0.288 e. The molecule has 0 aliphatic heterocycles. The molecular formula is C15H10BrFOS. The normalized spacial score (nSPS) is 13.4. The molecule has 0 radical (unpaired) electrons. The van der Waals surface area contributed by atoms with E-state index in [1.54, 1.807) is 6.07 Å². The Morgan fingerprint density at radius 2 is 2.16 bits per heavy atom. The van der Waals surface area contributed by atoms with E-state index < -0.39 is 5.82 Å². The number of benzene rings is 1. The molecule has 0 atom stereocenters. The molecule has 19 heavy (non-hydrogen) atoms. The van der Waals surface area contributed by atoms with E-state index in [0.717, 1.165) is 18.4 Å². The highest BCUT2D eigenvalue weighted by atomic mass is 79.9. The molecule has 1 aromatic carbocycles. The van der Waals surface area contributed by atoms with Crippen molar-refractivity contribution in [3.05, 3.63) is 61.5 Å². The van der Waals surface area contributed by atoms with E-state index >= 15 is 0 Å². The molecule has 1 heterocycles. The SMILES string of the molecule is O=C(c1cc2c(s1)CCC=C2)c1cc(Br)ccc1F. The van der Waals surface area contributed by atoms with Gasteiger partial charge in [-0.05, 0) is 42.7 Å². The Hall–Kier alpha value is -1.26. The first-order valence-corrected chi connectivity index (χ1v) is 7.55. The monoisotopic (exact) mass is 336 g/mol. The number of hydrogen-bond donors (Lipinski definition) is 0. The lowest BCUT2D eigenvalue weighted by Gasteiger charge is -2.01. The second-order valence-corrected chi connectivity index (χ2v) is 6.44. The molecule has 0 spiro atoms. The van der Waals surface area contributed by atoms with Crippen LogP contribution < -0.4 is 0 Å². The summed E-state index contributed by atoms with van der Waals surface area (Å²) in [5.41, 5.74) is 1.21. The van der Waals surface area contributed by atoms with Crippen molar-refractivity contribution in [2.45, 2.75) is 12.8 Å². The van der Waals surface area contributed by atoms with E-state index in [9.17, 15) is 9.18 Å². The second-order valence-electron chi connectivity index (χ2n) is 4.38. The molecule has 2 aromatic rings. The molecule has 0 fully saturated rings. The van der Waals surface area contributed by atoms with Gasteiger partial charge < -0.3 is 0 Å². The molecule has 0 bridgehead atoms. The van der Waals surface area contributed by atoms with E-state index in [1.807, 2.05) is 12.1 Å². The van der Waals surface area contributed by atoms with Crippen molar-refractivity contribution in [3.8, 4) is 0 Å². The summed E-state index contributed by atoms with van der Waals surface area (Å²) < 4.78 is 14.4. The summed E-state index contributed by atoms with van der Waals surface area (Å²) >= 11 is 4.74. The van der Waals surface area contributed by atoms with E-state index in [2.05, 4.69) is 22.0 Å². The average molecular weight is 337 g/mol. The maximum Gasteiger partial charge on any atom is 0.205 e. The Morgan fingerprint density at radius 3 is 2.95 bits per heavy atom. The van der Waals surface area contributed by atoms with Crippen LogP contribution >= 0.6 is 27.3 Å². The molecule has 1 aliphatic carbocycles. The summed E-state index contributed by atoms with van der Waals surface area (Å²) in [6.45, 7) is 0. The number of ketones is 1. The summed E-state index contributed by atoms with van der Waals surface area (Å²) in [6.07, 6.45) is 6.10. The fraction of sp³-hybridized carbons (Fsp3) is 0.133. The Kier molecular flexibility index (Phi) is 3.37. The third-order valence-corrected chi connectivity index (χ3v) is 4.78. The summed E-state index contributed by atoms with van der Waals surface area (Å²) in [7, 11) is 0. The van der Waals surface area contributed by atoms with Crippen LogP contribution in [0.25, 0.3) is 6.08 Å². The Labute approximate surface area is 122 Å². The zero-order valence-corrected chi connectivity index (χ0v) is 12.4. The van der Waals surface area contributed by atoms with E-state index in [-0.39, 0.29) is 11.3 Å². The summed E-state index contributed by atoms with van der Waals surface area (Å²) in [6, 6.07) is 6.30. The predicted molar refractivity (Wildman–Crippen MR) is 79.2 cm³/mol. The van der Waals surface area contributed by atoms with Crippen LogP contribution in [0.2, 0.25) is 0 Å². The van der Waals surface area contributed by atoms with Crippen molar-refractivity contribution < 1.29 is 9.18 Å². The Bertz CT molecular complexity index is 687. The largest absolute Gasteiger partial charge is 0.288 e. The Morgan fingerprint density at radius 1 is 1.32 bits per heavy atom. The molecule has 1 nitrogen and oxygen atoms in total. The summed E-state index contributed by atoms with van der Waals surface area (Å²) in [4.78, 5) is 14.2. The van der Waals surface area contributed by atoms with Gasteiger partial charge in [-0.15, -0.1) is 11.3 Å². The highest BCUT2D eigenvalue weighted by molar-refractivity contribution is 9.10. The molecule has 1 aromatic heterocycles. The third-order valence-electron chi connectivity index (χ3n) is 3.07. The number of thiophene rings is 1. The average Bonchev–Trinajstić information content (AvgIpc) is 2.84. The van der Waals surface area contributed by atoms with E-state index in [4.69, 9.17) is 0 Å². The van der Waals surface area contributed by atoms with Gasteiger partial charge in [-0.1, -0.05) is 28.1 Å². The topological polar surface area (TPSA) is 17.1 Å². The number of carbonyl (C=O) groups is 1. The molecule has 0 saturated heterocycles. The number of fused-ring (bicyclic) bond motifs is 1. The molecule has 0 N–H and O–H groups in total. The molecule has 0 amide bonds. The predicted octanol–water partition coefficient (Wildman–Crippen LogP) is 4.84. The minimum absolute atomic E-state index is 0.122. The molecule has 0 saturated carbocycles. The highest BCUT2D eigenvalue weighted by Crippen LogP contribution is 2.30. The fourth-order valence-corrected chi connectivity index (χ4v) is 3.60. The smallest absolute Gasteiger partial charge is 0.205 e. The van der Waals surface area contributed by atoms with Crippen LogP contribution in [0.15, 0.2) is 34.8 Å². The minimum atomic E-state index is -0.477. The number of carbonyl (C=O) groups excluding carboxylic acids is 1. The molecule has 96 valence electrons. The fourth-order valence-electron chi connectivity index (χ4n) is 2.12. The first-order valence-electron chi connectivity index (χ1n) is 5.94. The highest BCUT2D eigenvalue weighted by Gasteiger charge is 2.19. The lowest BCUT2D eigenvalue weighted by Crippen LogP contribution is -2.02. The summed E-state index contributed by atoms with van der Waals surface area (Å²) in [5, 5.41) is 0. The number of allylic oxidation sites excluding steroid dienone is 1. The quantitative estimate of drug-likeness (QED) is 0.717. The molecule has 3 rings (SSSR count). The zero-order chi connectivity index (χ0) is 13.4. The Balaban J connectivity index is 2.02. The lowest BCUT2D eigenvalue weighted by atomic mass is 10.0. The molecule has 1 aliphatic rings. The maximum absolute atomic E-state index is 13.7. The first-order chi connectivity index (χ1) is 9.15. The van der Waals surface area contributed by atoms with Crippen LogP contribution in [0, 0.1) is 5.82 Å². The first kappa shape index (κ1) is 12.8. The maximum atomic E-state index is 13.7. The van der Waals surface area contributed by atoms with Crippen molar-refractivity contribution in [3.63, 3.8) is 0 Å². The molecule has 4 heteroatoms. The van der Waals surface area contributed by atoms with Crippen LogP contribution in [0.4, 0.5) is 4.39 Å². The van der Waals surface area contributed by atoms with Gasteiger partial charge in [0.1, 0.15) is 5.82 Å². The van der Waals surface area contributed by atoms with E-state index in [0.29, 0.717) is 9.35 Å². The van der Waals surface area contributed by atoms with Crippen molar-refractivity contribution in [1.29, 1.82) is 0 Å². The van der Waals surface area contributed by atoms with Crippen LogP contribution in [-0.4, -0.2) is 5.78 Å². The van der Waals surface area contributed by atoms with Gasteiger partial charge in [-0.25, -0.2) is 4.39 Å². The molecule has 0 unspecified atom stereocenters. The van der Waals surface area contributed by atoms with Gasteiger partial charge >= 0.3 is 0 Å². The van der Waals surface area contributed by atoms with Gasteiger partial charge in [0.05, 0.1) is 10.4 Å². The zero-order valence-electron chi connectivity index (χ0n) is 9.95. The standard InChI is InChI=1S/C15H10BrFOS/c16-10-5-6-12(17)11(8-10)15(18)14-7-9-3-1-2-4-13(9)19-14/h1,3,5-8H,2,4H2. The van der Waals surface area contributed by atoms with Gasteiger partial charge in [-0.3, -0.25) is 4.79 Å². The van der Waals surface area contributed by atoms with Crippen LogP contribution in [0.3, 0.4) is 0 Å². The number of aryl methyl sites for hydroxylation is 1. The third kappa shape index (κ3) is 2.42. The van der Waals surface area contributed by atoms with Crippen molar-refractivity contribution in [2.24, 2.45) is 0 Å². The van der Waals surface area contributed by atoms with Gasteiger partial charge in [-0.2, -0.15) is 0 Å². The van der Waals surface area contributed by atoms with Crippen LogP contribution in [-0.2, 0) is 6.42 Å². The van der Waals surface area contributed by atoms with Crippen molar-refractivity contribution >= 4 is 39.1 Å².